The second kappa shape index (κ2) is 8.93. The minimum atomic E-state index is -3.76. The van der Waals surface area contributed by atoms with E-state index in [1.165, 1.54) is 29.3 Å². The van der Waals surface area contributed by atoms with E-state index in [-0.39, 0.29) is 23.9 Å². The van der Waals surface area contributed by atoms with E-state index in [0.717, 1.165) is 19.6 Å². The van der Waals surface area contributed by atoms with Crippen molar-refractivity contribution in [3.63, 3.8) is 0 Å². The van der Waals surface area contributed by atoms with Gasteiger partial charge in [0, 0.05) is 37.6 Å². The van der Waals surface area contributed by atoms with Crippen LogP contribution >= 0.6 is 11.6 Å². The summed E-state index contributed by atoms with van der Waals surface area (Å²) in [6.45, 7) is 3.56. The number of aromatic nitrogens is 1. The summed E-state index contributed by atoms with van der Waals surface area (Å²) in [4.78, 5) is 14.5. The first kappa shape index (κ1) is 21.1. The Morgan fingerprint density at radius 1 is 1.27 bits per heavy atom. The monoisotopic (exact) mass is 454 g/mol. The number of halogens is 1. The van der Waals surface area contributed by atoms with Gasteiger partial charge < -0.3 is 19.5 Å². The van der Waals surface area contributed by atoms with E-state index in [9.17, 15) is 13.2 Å². The molecule has 2 aromatic rings. The number of hydrogen-bond acceptors (Lipinski definition) is 7. The van der Waals surface area contributed by atoms with Crippen molar-refractivity contribution in [1.82, 2.24) is 19.7 Å². The van der Waals surface area contributed by atoms with Crippen molar-refractivity contribution in [3.8, 4) is 5.88 Å². The van der Waals surface area contributed by atoms with Gasteiger partial charge in [-0.1, -0.05) is 17.7 Å². The van der Waals surface area contributed by atoms with Gasteiger partial charge in [0.05, 0.1) is 10.5 Å². The van der Waals surface area contributed by atoms with Crippen LogP contribution in [0.5, 0.6) is 5.88 Å². The van der Waals surface area contributed by atoms with Gasteiger partial charge in [-0.2, -0.15) is 4.31 Å². The molecule has 30 heavy (non-hydrogen) atoms. The zero-order valence-electron chi connectivity index (χ0n) is 16.3. The number of carbonyl (C=O) groups excluding carboxylic acids is 1. The highest BCUT2D eigenvalue weighted by atomic mass is 35.5. The molecule has 0 unspecified atom stereocenters. The molecular weight excluding hydrogens is 432 g/mol. The van der Waals surface area contributed by atoms with Gasteiger partial charge in [-0.3, -0.25) is 0 Å². The van der Waals surface area contributed by atoms with Crippen molar-refractivity contribution in [2.24, 2.45) is 0 Å². The fourth-order valence-electron chi connectivity index (χ4n) is 3.67. The molecule has 0 aliphatic carbocycles. The van der Waals surface area contributed by atoms with Crippen LogP contribution in [-0.2, 0) is 23.0 Å². The van der Waals surface area contributed by atoms with E-state index < -0.39 is 16.1 Å². The summed E-state index contributed by atoms with van der Waals surface area (Å²) < 4.78 is 37.8. The summed E-state index contributed by atoms with van der Waals surface area (Å²) in [5.74, 6) is 0.516. The van der Waals surface area contributed by atoms with E-state index >= 15 is 0 Å². The number of nitrogens with zero attached hydrogens (tertiary/aromatic N) is 3. The molecule has 2 aliphatic heterocycles. The molecule has 11 heteroatoms. The van der Waals surface area contributed by atoms with Crippen LogP contribution in [-0.4, -0.2) is 61.6 Å². The second-order valence-electron chi connectivity index (χ2n) is 7.30. The Labute approximate surface area is 180 Å². The van der Waals surface area contributed by atoms with Gasteiger partial charge in [0.2, 0.25) is 10.0 Å². The fraction of sp³-hybridized carbons (Fsp3) is 0.474. The molecule has 0 spiro atoms. The average Bonchev–Trinajstić information content (AvgIpc) is 3.38. The van der Waals surface area contributed by atoms with Crippen LogP contribution in [0.1, 0.15) is 24.2 Å². The molecule has 4 rings (SSSR count). The maximum Gasteiger partial charge on any atom is 0.414 e. The van der Waals surface area contributed by atoms with Crippen molar-refractivity contribution in [3.05, 3.63) is 40.6 Å². The minimum absolute atomic E-state index is 0.00404. The van der Waals surface area contributed by atoms with Gasteiger partial charge >= 0.3 is 6.09 Å². The summed E-state index contributed by atoms with van der Waals surface area (Å²) in [5.41, 5.74) is 0.460. The molecule has 0 bridgehead atoms. The number of ether oxygens (including phenoxy) is 1. The molecule has 0 atom stereocenters. The van der Waals surface area contributed by atoms with Crippen molar-refractivity contribution >= 4 is 27.7 Å². The standard InChI is InChI=1S/C19H23ClN4O5S/c20-14-4-3-5-15(12-14)30(26,27)24-10-6-17-16(13-24)18(22-29-17)28-19(25)21-7-11-23-8-1-2-9-23/h3-5,12H,1-2,6-11,13H2,(H,21,25). The lowest BCUT2D eigenvalue weighted by Crippen LogP contribution is -2.37. The lowest BCUT2D eigenvalue weighted by atomic mass is 10.1. The molecule has 3 heterocycles. The first-order valence-corrected chi connectivity index (χ1v) is 11.7. The summed E-state index contributed by atoms with van der Waals surface area (Å²) in [6, 6.07) is 6.11. The van der Waals surface area contributed by atoms with Crippen molar-refractivity contribution < 1.29 is 22.5 Å². The summed E-state index contributed by atoms with van der Waals surface area (Å²) in [6.07, 6.45) is 2.07. The van der Waals surface area contributed by atoms with Crippen molar-refractivity contribution in [1.29, 1.82) is 0 Å². The van der Waals surface area contributed by atoms with Gasteiger partial charge in [0.25, 0.3) is 5.88 Å². The molecule has 2 aliphatic rings. The number of nitrogens with one attached hydrogen (secondary N) is 1. The molecule has 162 valence electrons. The first-order chi connectivity index (χ1) is 14.4. The van der Waals surface area contributed by atoms with Crippen LogP contribution in [0.2, 0.25) is 5.02 Å². The average molecular weight is 455 g/mol. The molecule has 0 saturated carbocycles. The molecule has 9 nitrogen and oxygen atoms in total. The van der Waals surface area contributed by atoms with E-state index in [0.29, 0.717) is 29.3 Å². The van der Waals surface area contributed by atoms with Gasteiger partial charge in [0.1, 0.15) is 5.76 Å². The number of rotatable bonds is 6. The molecule has 1 aromatic carbocycles. The number of benzene rings is 1. The Hall–Kier alpha value is -2.14. The molecule has 1 aromatic heterocycles. The molecular formula is C19H23ClN4O5S. The number of amides is 1. The smallest absolute Gasteiger partial charge is 0.388 e. The first-order valence-electron chi connectivity index (χ1n) is 9.84. The predicted octanol–water partition coefficient (Wildman–Crippen LogP) is 2.26. The maximum atomic E-state index is 13.0. The number of fused-ring (bicyclic) bond motifs is 1. The largest absolute Gasteiger partial charge is 0.414 e. The van der Waals surface area contributed by atoms with Crippen LogP contribution in [0.25, 0.3) is 0 Å². The third-order valence-corrected chi connectivity index (χ3v) is 7.35. The molecule has 1 fully saturated rings. The minimum Gasteiger partial charge on any atom is -0.388 e. The van der Waals surface area contributed by atoms with Gasteiger partial charge in [0.15, 0.2) is 0 Å². The lowest BCUT2D eigenvalue weighted by molar-refractivity contribution is 0.193. The second-order valence-corrected chi connectivity index (χ2v) is 9.67. The van der Waals surface area contributed by atoms with Crippen LogP contribution in [0.4, 0.5) is 4.79 Å². The van der Waals surface area contributed by atoms with Crippen molar-refractivity contribution in [2.45, 2.75) is 30.7 Å². The van der Waals surface area contributed by atoms with Crippen LogP contribution in [0, 0.1) is 0 Å². The van der Waals surface area contributed by atoms with E-state index in [4.69, 9.17) is 20.9 Å². The van der Waals surface area contributed by atoms with E-state index in [2.05, 4.69) is 15.4 Å². The van der Waals surface area contributed by atoms with E-state index in [1.54, 1.807) is 12.1 Å². The summed E-state index contributed by atoms with van der Waals surface area (Å²) in [7, 11) is -3.76. The highest BCUT2D eigenvalue weighted by Gasteiger charge is 2.33. The fourth-order valence-corrected chi connectivity index (χ4v) is 5.38. The highest BCUT2D eigenvalue weighted by Crippen LogP contribution is 2.31. The Balaban J connectivity index is 1.40. The number of carbonyl (C=O) groups is 1. The van der Waals surface area contributed by atoms with Gasteiger partial charge in [-0.15, -0.1) is 0 Å². The van der Waals surface area contributed by atoms with Crippen molar-refractivity contribution in [2.75, 3.05) is 32.7 Å². The van der Waals surface area contributed by atoms with Crippen LogP contribution in [0.15, 0.2) is 33.7 Å². The zero-order valence-corrected chi connectivity index (χ0v) is 17.9. The van der Waals surface area contributed by atoms with E-state index in [1.807, 2.05) is 0 Å². The summed E-state index contributed by atoms with van der Waals surface area (Å²) >= 11 is 5.94. The lowest BCUT2D eigenvalue weighted by Gasteiger charge is -2.25. The normalized spacial score (nSPS) is 17.6. The highest BCUT2D eigenvalue weighted by molar-refractivity contribution is 7.89. The topological polar surface area (TPSA) is 105 Å². The Bertz CT molecular complexity index is 1020. The van der Waals surface area contributed by atoms with Gasteiger partial charge in [-0.05, 0) is 49.3 Å². The third kappa shape index (κ3) is 4.61. The SMILES string of the molecule is O=C(NCCN1CCCC1)Oc1noc2c1CN(S(=O)(=O)c1cccc(Cl)c1)CC2. The molecule has 1 saturated heterocycles. The molecule has 1 N–H and O–H groups in total. The maximum absolute atomic E-state index is 13.0. The van der Waals surface area contributed by atoms with Gasteiger partial charge in [-0.25, -0.2) is 13.2 Å². The third-order valence-electron chi connectivity index (χ3n) is 5.28. The Morgan fingerprint density at radius 2 is 2.07 bits per heavy atom. The van der Waals surface area contributed by atoms with Crippen LogP contribution in [0.3, 0.4) is 0 Å². The predicted molar refractivity (Wildman–Crippen MR) is 109 cm³/mol. The molecule has 1 amide bonds. The zero-order chi connectivity index (χ0) is 21.1. The summed E-state index contributed by atoms with van der Waals surface area (Å²) in [5, 5.41) is 6.85. The Kier molecular flexibility index (Phi) is 6.28. The number of sulfonamides is 1. The Morgan fingerprint density at radius 3 is 2.83 bits per heavy atom. The molecule has 0 radical (unpaired) electrons. The number of likely N-dealkylation sites (tertiary alicyclic amines) is 1. The van der Waals surface area contributed by atoms with Crippen LogP contribution < -0.4 is 10.1 Å². The number of hydrogen-bond donors (Lipinski definition) is 1. The quantitative estimate of drug-likeness (QED) is 0.713.